The quantitative estimate of drug-likeness (QED) is 0.732. The predicted molar refractivity (Wildman–Crippen MR) is 88.8 cm³/mol. The van der Waals surface area contributed by atoms with Crippen molar-refractivity contribution in [1.82, 2.24) is 19.8 Å². The average molecular weight is 355 g/mol. The molecule has 0 aliphatic heterocycles. The van der Waals surface area contributed by atoms with Crippen LogP contribution in [0.5, 0.6) is 5.75 Å². The van der Waals surface area contributed by atoms with E-state index < -0.39 is 0 Å². The fourth-order valence-corrected chi connectivity index (χ4v) is 3.22. The fourth-order valence-electron chi connectivity index (χ4n) is 2.11. The molecule has 3 aromatic rings. The molecule has 2 aromatic heterocycles. The lowest BCUT2D eigenvalue weighted by molar-refractivity contribution is 0.476. The summed E-state index contributed by atoms with van der Waals surface area (Å²) in [5.41, 5.74) is 2.29. The Kier molecular flexibility index (Phi) is 4.16. The summed E-state index contributed by atoms with van der Waals surface area (Å²) in [7, 11) is 0. The van der Waals surface area contributed by atoms with Gasteiger partial charge in [-0.3, -0.25) is 0 Å². The summed E-state index contributed by atoms with van der Waals surface area (Å²) in [5, 5.41) is 24.5. The van der Waals surface area contributed by atoms with Crippen LogP contribution in [0.25, 0.3) is 11.7 Å². The van der Waals surface area contributed by atoms with Gasteiger partial charge in [0.1, 0.15) is 0 Å². The Morgan fingerprint density at radius 2 is 1.95 bits per heavy atom. The molecule has 0 saturated heterocycles. The minimum atomic E-state index is -0.118. The number of phenolic OH excluding ortho intramolecular Hbond substituents is 1. The number of aryl methyl sites for hydroxylation is 1. The highest BCUT2D eigenvalue weighted by atomic mass is 35.5. The summed E-state index contributed by atoms with van der Waals surface area (Å²) in [6.07, 6.45) is 1.88. The van der Waals surface area contributed by atoms with Crippen LogP contribution in [0, 0.1) is 6.92 Å². The van der Waals surface area contributed by atoms with Crippen LogP contribution in [0.1, 0.15) is 18.2 Å². The molecule has 5 nitrogen and oxygen atoms in total. The van der Waals surface area contributed by atoms with Gasteiger partial charge in [0.25, 0.3) is 0 Å². The van der Waals surface area contributed by atoms with Crippen molar-refractivity contribution >= 4 is 46.7 Å². The van der Waals surface area contributed by atoms with E-state index in [2.05, 4.69) is 22.2 Å². The number of phenols is 1. The molecule has 0 aliphatic carbocycles. The maximum absolute atomic E-state index is 9.63. The van der Waals surface area contributed by atoms with Crippen LogP contribution in [0.2, 0.25) is 10.0 Å². The van der Waals surface area contributed by atoms with E-state index in [0.717, 1.165) is 27.4 Å². The molecule has 22 heavy (non-hydrogen) atoms. The highest BCUT2D eigenvalue weighted by Crippen LogP contribution is 2.32. The van der Waals surface area contributed by atoms with E-state index >= 15 is 0 Å². The van der Waals surface area contributed by atoms with Crippen molar-refractivity contribution in [1.29, 1.82) is 0 Å². The molecule has 0 radical (unpaired) electrons. The zero-order valence-electron chi connectivity index (χ0n) is 11.8. The third kappa shape index (κ3) is 2.62. The van der Waals surface area contributed by atoms with Crippen molar-refractivity contribution in [3.8, 4) is 5.75 Å². The molecule has 0 atom stereocenters. The van der Waals surface area contributed by atoms with Crippen molar-refractivity contribution < 1.29 is 5.11 Å². The first-order valence-corrected chi connectivity index (χ1v) is 8.29. The fraction of sp³-hybridized carbons (Fsp3) is 0.214. The summed E-state index contributed by atoms with van der Waals surface area (Å²) in [6, 6.07) is 3.29. The van der Waals surface area contributed by atoms with Crippen molar-refractivity contribution in [3.63, 3.8) is 0 Å². The first-order chi connectivity index (χ1) is 10.5. The average Bonchev–Trinajstić information content (AvgIpc) is 2.98. The Morgan fingerprint density at radius 3 is 2.59 bits per heavy atom. The summed E-state index contributed by atoms with van der Waals surface area (Å²) < 4.78 is 1.74. The second-order valence-corrected chi connectivity index (χ2v) is 6.67. The van der Waals surface area contributed by atoms with E-state index in [-0.39, 0.29) is 15.8 Å². The molecule has 0 spiro atoms. The van der Waals surface area contributed by atoms with Crippen LogP contribution in [0.15, 0.2) is 17.3 Å². The standard InChI is InChI=1S/C14H12Cl2N4OS/c1-3-22-14-18-17-13-9(7(2)19-20(13)14)4-8-5-10(15)12(21)11(16)6-8/h4-6,21H,3H2,1-2H3. The number of rotatable bonds is 3. The van der Waals surface area contributed by atoms with E-state index in [4.69, 9.17) is 23.2 Å². The smallest absolute Gasteiger partial charge is 0.212 e. The van der Waals surface area contributed by atoms with Gasteiger partial charge in [-0.2, -0.15) is 9.61 Å². The zero-order valence-corrected chi connectivity index (χ0v) is 14.2. The van der Waals surface area contributed by atoms with Gasteiger partial charge in [0.15, 0.2) is 11.4 Å². The molecule has 3 rings (SSSR count). The second-order valence-electron chi connectivity index (χ2n) is 4.63. The van der Waals surface area contributed by atoms with Crippen LogP contribution >= 0.6 is 35.0 Å². The van der Waals surface area contributed by atoms with E-state index in [1.807, 2.05) is 13.0 Å². The molecule has 0 unspecified atom stereocenters. The summed E-state index contributed by atoms with van der Waals surface area (Å²) >= 11 is 13.5. The monoisotopic (exact) mass is 354 g/mol. The molecule has 2 heterocycles. The summed E-state index contributed by atoms with van der Waals surface area (Å²) in [4.78, 5) is 0. The van der Waals surface area contributed by atoms with Crippen LogP contribution in [-0.4, -0.2) is 30.7 Å². The number of thioether (sulfide) groups is 1. The number of halogens is 2. The molecule has 0 fully saturated rings. The van der Waals surface area contributed by atoms with E-state index in [0.29, 0.717) is 5.65 Å². The molecule has 0 saturated carbocycles. The van der Waals surface area contributed by atoms with Gasteiger partial charge in [-0.25, -0.2) is 0 Å². The Labute approximate surface area is 140 Å². The number of aromatic hydroxyl groups is 1. The Morgan fingerprint density at radius 1 is 1.27 bits per heavy atom. The van der Waals surface area contributed by atoms with Crippen molar-refractivity contribution in [2.75, 3.05) is 5.75 Å². The minimum absolute atomic E-state index is 0.118. The normalized spacial score (nSPS) is 12.5. The maximum atomic E-state index is 9.63. The van der Waals surface area contributed by atoms with Gasteiger partial charge in [0.05, 0.1) is 15.7 Å². The van der Waals surface area contributed by atoms with Crippen LogP contribution in [-0.2, 0) is 0 Å². The lowest BCUT2D eigenvalue weighted by Gasteiger charge is -2.01. The topological polar surface area (TPSA) is 63.3 Å². The highest BCUT2D eigenvalue weighted by Gasteiger charge is 2.12. The van der Waals surface area contributed by atoms with Gasteiger partial charge in [-0.05, 0) is 36.4 Å². The number of benzene rings is 1. The van der Waals surface area contributed by atoms with Gasteiger partial charge in [-0.1, -0.05) is 41.9 Å². The van der Waals surface area contributed by atoms with Gasteiger partial charge in [-0.15, -0.1) is 10.2 Å². The Balaban J connectivity index is 2.19. The second kappa shape index (κ2) is 5.95. The lowest BCUT2D eigenvalue weighted by atomic mass is 10.1. The predicted octanol–water partition coefficient (Wildman–Crippen LogP) is 3.10. The Bertz CT molecular complexity index is 886. The molecular formula is C14H12Cl2N4OS. The van der Waals surface area contributed by atoms with Crippen LogP contribution < -0.4 is 5.22 Å². The van der Waals surface area contributed by atoms with Crippen LogP contribution in [0.4, 0.5) is 0 Å². The third-order valence-electron chi connectivity index (χ3n) is 3.12. The van der Waals surface area contributed by atoms with Gasteiger partial charge < -0.3 is 5.11 Å². The zero-order chi connectivity index (χ0) is 15.9. The molecule has 0 bridgehead atoms. The maximum Gasteiger partial charge on any atom is 0.212 e. The number of aromatic nitrogens is 4. The number of fused-ring (bicyclic) bond motifs is 1. The third-order valence-corrected chi connectivity index (χ3v) is 4.49. The van der Waals surface area contributed by atoms with E-state index in [9.17, 15) is 5.11 Å². The first kappa shape index (κ1) is 15.4. The molecule has 1 N–H and O–H groups in total. The Hall–Kier alpha value is -1.50. The van der Waals surface area contributed by atoms with Gasteiger partial charge >= 0.3 is 0 Å². The first-order valence-electron chi connectivity index (χ1n) is 6.55. The molecule has 8 heteroatoms. The van der Waals surface area contributed by atoms with Crippen molar-refractivity contribution in [2.45, 2.75) is 19.0 Å². The van der Waals surface area contributed by atoms with Gasteiger partial charge in [0.2, 0.25) is 5.16 Å². The van der Waals surface area contributed by atoms with E-state index in [1.165, 1.54) is 0 Å². The molecule has 0 aliphatic rings. The van der Waals surface area contributed by atoms with Crippen LogP contribution in [0.3, 0.4) is 0 Å². The van der Waals surface area contributed by atoms with Crippen molar-refractivity contribution in [3.05, 3.63) is 38.7 Å². The highest BCUT2D eigenvalue weighted by molar-refractivity contribution is 7.99. The molecule has 0 amide bonds. The number of nitrogens with zero attached hydrogens (tertiary/aromatic N) is 4. The minimum Gasteiger partial charge on any atom is -0.505 e. The van der Waals surface area contributed by atoms with Gasteiger partial charge in [0, 0.05) is 5.22 Å². The summed E-state index contributed by atoms with van der Waals surface area (Å²) in [5.74, 6) is 0.779. The van der Waals surface area contributed by atoms with E-state index in [1.54, 1.807) is 28.4 Å². The largest absolute Gasteiger partial charge is 0.505 e. The molecule has 1 aromatic carbocycles. The SMILES string of the molecule is CCSc1nnc2c(=Cc3cc(Cl)c(O)c(Cl)c3)c(C)nn12. The number of hydrogen-bond acceptors (Lipinski definition) is 5. The number of hydrogen-bond donors (Lipinski definition) is 1. The van der Waals surface area contributed by atoms with Crippen molar-refractivity contribution in [2.24, 2.45) is 0 Å². The molecular weight excluding hydrogens is 343 g/mol. The lowest BCUT2D eigenvalue weighted by Crippen LogP contribution is -2.03. The molecule has 114 valence electrons. The summed E-state index contributed by atoms with van der Waals surface area (Å²) in [6.45, 7) is 3.96.